The predicted molar refractivity (Wildman–Crippen MR) is 95.4 cm³/mol. The van der Waals surface area contributed by atoms with E-state index in [1.807, 2.05) is 0 Å². The van der Waals surface area contributed by atoms with E-state index in [-0.39, 0.29) is 32.9 Å². The van der Waals surface area contributed by atoms with Crippen LogP contribution in [0.25, 0.3) is 0 Å². The van der Waals surface area contributed by atoms with Crippen LogP contribution in [0.2, 0.25) is 0 Å². The number of carbonyl (C=O) groups is 3. The first kappa shape index (κ1) is 18.3. The molecule has 0 aliphatic heterocycles. The number of esters is 1. The van der Waals surface area contributed by atoms with Crippen molar-refractivity contribution < 1.29 is 23.7 Å². The Bertz CT molecular complexity index is 943. The van der Waals surface area contributed by atoms with Gasteiger partial charge in [-0.3, -0.25) is 14.4 Å². The number of carbonyl (C=O) groups excluding carboxylic acids is 3. The molecule has 0 amide bonds. The lowest BCUT2D eigenvalue weighted by atomic mass is 9.83. The third-order valence-electron chi connectivity index (χ3n) is 4.03. The summed E-state index contributed by atoms with van der Waals surface area (Å²) in [4.78, 5) is 38.3. The van der Waals surface area contributed by atoms with Crippen molar-refractivity contribution >= 4 is 28.9 Å². The molecule has 0 saturated heterocycles. The van der Waals surface area contributed by atoms with Gasteiger partial charge in [0.05, 0.1) is 27.9 Å². The van der Waals surface area contributed by atoms with Gasteiger partial charge in [0, 0.05) is 11.1 Å². The molecule has 7 heteroatoms. The van der Waals surface area contributed by atoms with E-state index in [2.05, 4.69) is 0 Å². The van der Waals surface area contributed by atoms with Gasteiger partial charge in [0.25, 0.3) is 0 Å². The van der Waals surface area contributed by atoms with Gasteiger partial charge in [0.15, 0.2) is 16.5 Å². The number of ketones is 2. The fourth-order valence-corrected chi connectivity index (χ4v) is 3.30. The molecule has 0 aromatic heterocycles. The van der Waals surface area contributed by atoms with Crippen molar-refractivity contribution in [2.45, 2.75) is 25.7 Å². The lowest BCUT2D eigenvalue weighted by Gasteiger charge is -2.22. The zero-order valence-corrected chi connectivity index (χ0v) is 15.3. The molecule has 1 aliphatic carbocycles. The van der Waals surface area contributed by atoms with Crippen LogP contribution in [0.4, 0.5) is 0 Å². The monoisotopic (exact) mass is 371 g/mol. The third kappa shape index (κ3) is 2.94. The molecule has 0 spiro atoms. The standard InChI is InChI=1S/C19H17NO5S/c1-19(2,3)18(23)25-12-8-4-6-10-14(12)16(21)11-7-5-9-13(26(20)24)15(11)17(10)22/h4-9H,20H2,1-3H3. The number of hydrogen-bond acceptors (Lipinski definition) is 6. The molecule has 1 unspecified atom stereocenters. The van der Waals surface area contributed by atoms with Gasteiger partial charge in [-0.05, 0) is 39.0 Å². The van der Waals surface area contributed by atoms with Crippen LogP contribution in [0.5, 0.6) is 5.75 Å². The van der Waals surface area contributed by atoms with Crippen molar-refractivity contribution in [3.8, 4) is 5.75 Å². The van der Waals surface area contributed by atoms with Crippen molar-refractivity contribution in [2.75, 3.05) is 0 Å². The van der Waals surface area contributed by atoms with Crippen LogP contribution >= 0.6 is 0 Å². The van der Waals surface area contributed by atoms with Crippen LogP contribution in [0.1, 0.15) is 52.6 Å². The SMILES string of the molecule is CC(C)(C)C(=O)Oc1cccc2c1C(=O)c1cccc([S+](N)[O-])c1C2=O. The highest BCUT2D eigenvalue weighted by Crippen LogP contribution is 2.36. The summed E-state index contributed by atoms with van der Waals surface area (Å²) in [5.41, 5.74) is -0.517. The molecular weight excluding hydrogens is 354 g/mol. The summed E-state index contributed by atoms with van der Waals surface area (Å²) in [6, 6.07) is 8.92. The van der Waals surface area contributed by atoms with Crippen LogP contribution < -0.4 is 9.88 Å². The van der Waals surface area contributed by atoms with Gasteiger partial charge in [0.2, 0.25) is 0 Å². The van der Waals surface area contributed by atoms with Gasteiger partial charge < -0.3 is 9.29 Å². The Morgan fingerprint density at radius 3 is 2.12 bits per heavy atom. The third-order valence-corrected chi connectivity index (χ3v) is 4.80. The van der Waals surface area contributed by atoms with E-state index in [1.54, 1.807) is 20.8 Å². The normalized spacial score (nSPS) is 14.5. The van der Waals surface area contributed by atoms with E-state index in [1.165, 1.54) is 36.4 Å². The van der Waals surface area contributed by atoms with E-state index in [9.17, 15) is 18.9 Å². The van der Waals surface area contributed by atoms with Crippen LogP contribution in [-0.2, 0) is 16.2 Å². The van der Waals surface area contributed by atoms with E-state index in [4.69, 9.17) is 9.88 Å². The topological polar surface area (TPSA) is 110 Å². The zero-order valence-electron chi connectivity index (χ0n) is 14.5. The van der Waals surface area contributed by atoms with E-state index in [0.29, 0.717) is 0 Å². The summed E-state index contributed by atoms with van der Waals surface area (Å²) >= 11 is -1.92. The summed E-state index contributed by atoms with van der Waals surface area (Å²) in [7, 11) is 0. The minimum atomic E-state index is -1.92. The number of rotatable bonds is 2. The van der Waals surface area contributed by atoms with Crippen molar-refractivity contribution in [2.24, 2.45) is 10.6 Å². The lowest BCUT2D eigenvalue weighted by molar-refractivity contribution is -0.143. The number of benzene rings is 2. The number of fused-ring (bicyclic) bond motifs is 2. The second-order valence-corrected chi connectivity index (χ2v) is 7.99. The highest BCUT2D eigenvalue weighted by molar-refractivity contribution is 7.89. The fraction of sp³-hybridized carbons (Fsp3) is 0.211. The average Bonchev–Trinajstić information content (AvgIpc) is 2.58. The first-order chi connectivity index (χ1) is 12.1. The minimum absolute atomic E-state index is 0.0301. The van der Waals surface area contributed by atoms with Gasteiger partial charge in [0.1, 0.15) is 5.75 Å². The Hall–Kier alpha value is -2.48. The molecule has 6 nitrogen and oxygen atoms in total. The molecular formula is C19H17NO5S. The van der Waals surface area contributed by atoms with Gasteiger partial charge in [-0.2, -0.15) is 0 Å². The molecule has 26 heavy (non-hydrogen) atoms. The van der Waals surface area contributed by atoms with Gasteiger partial charge in [-0.15, -0.1) is 5.14 Å². The molecule has 3 rings (SSSR count). The predicted octanol–water partition coefficient (Wildman–Crippen LogP) is 2.39. The first-order valence-corrected chi connectivity index (χ1v) is 9.08. The summed E-state index contributed by atoms with van der Waals surface area (Å²) in [5.74, 6) is -1.43. The quantitative estimate of drug-likeness (QED) is 0.421. The summed E-state index contributed by atoms with van der Waals surface area (Å²) < 4.78 is 17.2. The van der Waals surface area contributed by atoms with Crippen LogP contribution in [0.3, 0.4) is 0 Å². The molecule has 0 heterocycles. The Kier molecular flexibility index (Phi) is 4.47. The Labute approximate surface area is 153 Å². The molecule has 0 saturated carbocycles. The Morgan fingerprint density at radius 1 is 1.00 bits per heavy atom. The molecule has 0 bridgehead atoms. The van der Waals surface area contributed by atoms with Crippen LogP contribution in [0.15, 0.2) is 41.3 Å². The fourth-order valence-electron chi connectivity index (χ4n) is 2.68. The first-order valence-electron chi connectivity index (χ1n) is 7.87. The second-order valence-electron chi connectivity index (χ2n) is 6.95. The molecule has 1 aliphatic rings. The van der Waals surface area contributed by atoms with Crippen molar-refractivity contribution in [1.82, 2.24) is 0 Å². The Morgan fingerprint density at radius 2 is 1.54 bits per heavy atom. The highest BCUT2D eigenvalue weighted by atomic mass is 32.2. The van der Waals surface area contributed by atoms with E-state index >= 15 is 0 Å². The van der Waals surface area contributed by atoms with Gasteiger partial charge in [-0.25, -0.2) is 0 Å². The lowest BCUT2D eigenvalue weighted by Crippen LogP contribution is -2.29. The number of nitrogens with two attached hydrogens (primary N) is 1. The zero-order chi connectivity index (χ0) is 19.2. The van der Waals surface area contributed by atoms with E-state index in [0.717, 1.165) is 0 Å². The smallest absolute Gasteiger partial charge is 0.316 e. The number of hydrogen-bond donors (Lipinski definition) is 1. The molecule has 0 fully saturated rings. The second kappa shape index (κ2) is 6.35. The molecule has 1 atom stereocenters. The molecule has 2 aromatic carbocycles. The van der Waals surface area contributed by atoms with Crippen molar-refractivity contribution in [1.29, 1.82) is 0 Å². The van der Waals surface area contributed by atoms with E-state index < -0.39 is 34.3 Å². The van der Waals surface area contributed by atoms with Gasteiger partial charge in [-0.1, -0.05) is 18.2 Å². The number of ether oxygens (including phenoxy) is 1. The summed E-state index contributed by atoms with van der Waals surface area (Å²) in [6.07, 6.45) is 0. The molecule has 134 valence electrons. The van der Waals surface area contributed by atoms with Crippen molar-refractivity contribution in [3.05, 3.63) is 58.7 Å². The maximum absolute atomic E-state index is 13.0. The Balaban J connectivity index is 2.17. The highest BCUT2D eigenvalue weighted by Gasteiger charge is 2.37. The van der Waals surface area contributed by atoms with Gasteiger partial charge >= 0.3 is 5.97 Å². The largest absolute Gasteiger partial charge is 0.593 e. The van der Waals surface area contributed by atoms with Crippen molar-refractivity contribution in [3.63, 3.8) is 0 Å². The maximum Gasteiger partial charge on any atom is 0.316 e. The summed E-state index contributed by atoms with van der Waals surface area (Å²) in [6.45, 7) is 5.07. The average molecular weight is 371 g/mol. The molecule has 2 N–H and O–H groups in total. The van der Waals surface area contributed by atoms with Crippen LogP contribution in [0, 0.1) is 5.41 Å². The summed E-state index contributed by atoms with van der Waals surface area (Å²) in [5, 5.41) is 5.45. The molecule has 0 radical (unpaired) electrons. The molecule has 2 aromatic rings. The van der Waals surface area contributed by atoms with Crippen LogP contribution in [-0.4, -0.2) is 22.1 Å². The minimum Gasteiger partial charge on any atom is -0.593 e. The maximum atomic E-state index is 13.0.